The van der Waals surface area contributed by atoms with E-state index in [1.165, 1.54) is 4.88 Å². The van der Waals surface area contributed by atoms with Crippen molar-refractivity contribution in [3.05, 3.63) is 46.0 Å². The Balaban J connectivity index is 2.00. The first-order valence-corrected chi connectivity index (χ1v) is 8.69. The average molecular weight is 324 g/mol. The Hall–Kier alpha value is -1.17. The lowest BCUT2D eigenvalue weighted by Crippen LogP contribution is -2.10. The number of halogens is 1. The van der Waals surface area contributed by atoms with E-state index in [-0.39, 0.29) is 6.04 Å². The maximum atomic E-state index is 5.85. The second-order valence-electron chi connectivity index (χ2n) is 4.37. The number of thiophene rings is 1. The minimum Gasteiger partial charge on any atom is -0.320 e. The molecule has 0 saturated heterocycles. The molecule has 3 aromatic rings. The molecule has 0 amide bonds. The second kappa shape index (κ2) is 6.08. The van der Waals surface area contributed by atoms with Gasteiger partial charge in [-0.25, -0.2) is 9.97 Å². The number of rotatable bonds is 5. The van der Waals surface area contributed by atoms with E-state index in [1.807, 2.05) is 17.8 Å². The van der Waals surface area contributed by atoms with E-state index in [0.29, 0.717) is 5.88 Å². The molecule has 0 N–H and O–H groups in total. The first-order valence-electron chi connectivity index (χ1n) is 6.40. The Labute approximate surface area is 130 Å². The van der Waals surface area contributed by atoms with Crippen LogP contribution in [0.5, 0.6) is 0 Å². The van der Waals surface area contributed by atoms with Crippen LogP contribution in [-0.2, 0) is 5.88 Å². The standard InChI is InChI=1S/C14H14ClN3S2/c1-2-11(14-17-10(8-15)9-20-14)18-6-5-16-13(18)12-4-3-7-19-12/h3-7,9,11H,2,8H2,1H3. The summed E-state index contributed by atoms with van der Waals surface area (Å²) in [5.41, 5.74) is 0.947. The van der Waals surface area contributed by atoms with Crippen molar-refractivity contribution < 1.29 is 0 Å². The van der Waals surface area contributed by atoms with E-state index in [2.05, 4.69) is 39.0 Å². The number of alkyl halides is 1. The molecule has 1 unspecified atom stereocenters. The van der Waals surface area contributed by atoms with Crippen LogP contribution in [0.4, 0.5) is 0 Å². The maximum absolute atomic E-state index is 5.85. The van der Waals surface area contributed by atoms with E-state index in [0.717, 1.165) is 22.9 Å². The largest absolute Gasteiger partial charge is 0.320 e. The summed E-state index contributed by atoms with van der Waals surface area (Å²) in [5, 5.41) is 5.20. The molecule has 0 fully saturated rings. The van der Waals surface area contributed by atoms with Crippen molar-refractivity contribution in [2.24, 2.45) is 0 Å². The van der Waals surface area contributed by atoms with Crippen LogP contribution >= 0.6 is 34.3 Å². The lowest BCUT2D eigenvalue weighted by molar-refractivity contribution is 0.568. The van der Waals surface area contributed by atoms with Crippen molar-refractivity contribution in [2.45, 2.75) is 25.3 Å². The third-order valence-corrected chi connectivity index (χ3v) is 5.26. The molecule has 104 valence electrons. The SMILES string of the molecule is CCC(c1nc(CCl)cs1)n1ccnc1-c1cccs1. The first kappa shape index (κ1) is 13.8. The summed E-state index contributed by atoms with van der Waals surface area (Å²) in [5.74, 6) is 1.48. The molecule has 0 aliphatic carbocycles. The van der Waals surface area contributed by atoms with Crippen LogP contribution in [0.2, 0.25) is 0 Å². The van der Waals surface area contributed by atoms with Crippen LogP contribution < -0.4 is 0 Å². The number of hydrogen-bond donors (Lipinski definition) is 0. The Kier molecular flexibility index (Phi) is 4.19. The summed E-state index contributed by atoms with van der Waals surface area (Å²) in [4.78, 5) is 10.3. The van der Waals surface area contributed by atoms with Gasteiger partial charge in [-0.2, -0.15) is 0 Å². The van der Waals surface area contributed by atoms with Crippen molar-refractivity contribution in [1.29, 1.82) is 0 Å². The van der Waals surface area contributed by atoms with Crippen LogP contribution in [0.15, 0.2) is 35.3 Å². The van der Waals surface area contributed by atoms with Gasteiger partial charge in [0.1, 0.15) is 5.01 Å². The first-order chi connectivity index (χ1) is 9.83. The molecule has 3 aromatic heterocycles. The summed E-state index contributed by atoms with van der Waals surface area (Å²) >= 11 is 9.23. The van der Waals surface area contributed by atoms with Gasteiger partial charge in [-0.15, -0.1) is 34.3 Å². The van der Waals surface area contributed by atoms with Gasteiger partial charge in [0.25, 0.3) is 0 Å². The lowest BCUT2D eigenvalue weighted by Gasteiger charge is -2.16. The van der Waals surface area contributed by atoms with Gasteiger partial charge in [0.2, 0.25) is 0 Å². The Morgan fingerprint density at radius 1 is 1.40 bits per heavy atom. The molecular formula is C14H14ClN3S2. The fraction of sp³-hybridized carbons (Fsp3) is 0.286. The monoisotopic (exact) mass is 323 g/mol. The molecule has 0 spiro atoms. The summed E-state index contributed by atoms with van der Waals surface area (Å²) in [6.45, 7) is 2.17. The molecule has 6 heteroatoms. The van der Waals surface area contributed by atoms with Crippen LogP contribution in [-0.4, -0.2) is 14.5 Å². The summed E-state index contributed by atoms with van der Waals surface area (Å²) in [6, 6.07) is 4.37. The quantitative estimate of drug-likeness (QED) is 0.631. The highest BCUT2D eigenvalue weighted by molar-refractivity contribution is 7.13. The number of hydrogen-bond acceptors (Lipinski definition) is 4. The van der Waals surface area contributed by atoms with Crippen LogP contribution in [0, 0.1) is 0 Å². The third-order valence-electron chi connectivity index (χ3n) is 3.12. The number of thiazole rings is 1. The van der Waals surface area contributed by atoms with E-state index in [1.54, 1.807) is 22.7 Å². The zero-order valence-electron chi connectivity index (χ0n) is 11.0. The van der Waals surface area contributed by atoms with E-state index < -0.39 is 0 Å². The normalized spacial score (nSPS) is 12.7. The predicted octanol–water partition coefficient (Wildman–Crippen LogP) is 4.81. The smallest absolute Gasteiger partial charge is 0.150 e. The van der Waals surface area contributed by atoms with Gasteiger partial charge in [-0.3, -0.25) is 0 Å². The van der Waals surface area contributed by atoms with Crippen LogP contribution in [0.1, 0.15) is 30.1 Å². The number of aromatic nitrogens is 3. The van der Waals surface area contributed by atoms with Gasteiger partial charge in [0.15, 0.2) is 5.82 Å². The summed E-state index contributed by atoms with van der Waals surface area (Å²) < 4.78 is 2.21. The van der Waals surface area contributed by atoms with Gasteiger partial charge in [-0.1, -0.05) is 13.0 Å². The van der Waals surface area contributed by atoms with Gasteiger partial charge in [0.05, 0.1) is 22.5 Å². The molecule has 0 aliphatic heterocycles. The topological polar surface area (TPSA) is 30.7 Å². The molecule has 3 nitrogen and oxygen atoms in total. The van der Waals surface area contributed by atoms with Crippen molar-refractivity contribution in [1.82, 2.24) is 14.5 Å². The van der Waals surface area contributed by atoms with Gasteiger partial charge in [0, 0.05) is 17.8 Å². The fourth-order valence-corrected chi connectivity index (χ4v) is 4.14. The van der Waals surface area contributed by atoms with E-state index in [9.17, 15) is 0 Å². The molecule has 0 aliphatic rings. The van der Waals surface area contributed by atoms with Gasteiger partial charge in [-0.05, 0) is 17.9 Å². The Morgan fingerprint density at radius 3 is 2.95 bits per heavy atom. The second-order valence-corrected chi connectivity index (χ2v) is 6.47. The van der Waals surface area contributed by atoms with Gasteiger partial charge >= 0.3 is 0 Å². The summed E-state index contributed by atoms with van der Waals surface area (Å²) in [7, 11) is 0. The average Bonchev–Trinajstić information content (AvgIpc) is 3.21. The van der Waals surface area contributed by atoms with Crippen molar-refractivity contribution in [2.75, 3.05) is 0 Å². The fourth-order valence-electron chi connectivity index (χ4n) is 2.19. The zero-order valence-corrected chi connectivity index (χ0v) is 13.4. The van der Waals surface area contributed by atoms with Crippen molar-refractivity contribution in [3.63, 3.8) is 0 Å². The van der Waals surface area contributed by atoms with Crippen molar-refractivity contribution in [3.8, 4) is 10.7 Å². The van der Waals surface area contributed by atoms with Gasteiger partial charge < -0.3 is 4.57 Å². The molecule has 0 saturated carbocycles. The minimum absolute atomic E-state index is 0.219. The van der Waals surface area contributed by atoms with Crippen LogP contribution in [0.25, 0.3) is 10.7 Å². The molecule has 0 bridgehead atoms. The Bertz CT molecular complexity index is 672. The molecule has 0 radical (unpaired) electrons. The molecule has 3 heterocycles. The van der Waals surface area contributed by atoms with Crippen molar-refractivity contribution >= 4 is 34.3 Å². The molecule has 0 aromatic carbocycles. The predicted molar refractivity (Wildman–Crippen MR) is 85.6 cm³/mol. The third kappa shape index (κ3) is 2.53. The highest BCUT2D eigenvalue weighted by Gasteiger charge is 2.19. The lowest BCUT2D eigenvalue weighted by atomic mass is 10.2. The highest BCUT2D eigenvalue weighted by atomic mass is 35.5. The Morgan fingerprint density at radius 2 is 2.30 bits per heavy atom. The molecule has 3 rings (SSSR count). The molecular weight excluding hydrogens is 310 g/mol. The number of imidazole rings is 1. The minimum atomic E-state index is 0.219. The zero-order chi connectivity index (χ0) is 13.9. The number of nitrogens with zero attached hydrogens (tertiary/aromatic N) is 3. The summed E-state index contributed by atoms with van der Waals surface area (Å²) in [6.07, 6.45) is 4.86. The van der Waals surface area contributed by atoms with Crippen LogP contribution in [0.3, 0.4) is 0 Å². The van der Waals surface area contributed by atoms with E-state index in [4.69, 9.17) is 11.6 Å². The molecule has 20 heavy (non-hydrogen) atoms. The van der Waals surface area contributed by atoms with E-state index >= 15 is 0 Å². The maximum Gasteiger partial charge on any atom is 0.150 e. The highest BCUT2D eigenvalue weighted by Crippen LogP contribution is 2.31. The molecule has 1 atom stereocenters.